The summed E-state index contributed by atoms with van der Waals surface area (Å²) in [4.78, 5) is 0. The van der Waals surface area contributed by atoms with Crippen LogP contribution in [0.4, 0.5) is 4.39 Å². The van der Waals surface area contributed by atoms with E-state index in [-0.39, 0.29) is 11.9 Å². The van der Waals surface area contributed by atoms with Crippen LogP contribution < -0.4 is 5.73 Å². The molecule has 14 heavy (non-hydrogen) atoms. The Bertz CT molecular complexity index is 369. The van der Waals surface area contributed by atoms with E-state index in [2.05, 4.69) is 22.9 Å². The maximum Gasteiger partial charge on any atom is 0.137 e. The van der Waals surface area contributed by atoms with Gasteiger partial charge in [-0.15, -0.1) is 0 Å². The molecule has 0 bridgehead atoms. The normalized spacial score (nSPS) is 26.0. The number of fused-ring (bicyclic) bond motifs is 1. The quantitative estimate of drug-likeness (QED) is 0.787. The third kappa shape index (κ3) is 1.59. The van der Waals surface area contributed by atoms with Crippen molar-refractivity contribution in [2.45, 2.75) is 24.0 Å². The molecule has 0 radical (unpaired) electrons. The van der Waals surface area contributed by atoms with Crippen molar-refractivity contribution in [1.29, 1.82) is 0 Å². The van der Waals surface area contributed by atoms with Gasteiger partial charge in [-0.05, 0) is 33.1 Å². The van der Waals surface area contributed by atoms with Gasteiger partial charge in [0.1, 0.15) is 5.82 Å². The molecule has 2 N–H and O–H groups in total. The number of thioether (sulfide) groups is 1. The number of halogens is 2. The minimum Gasteiger partial charge on any atom is -0.323 e. The molecule has 0 saturated heterocycles. The summed E-state index contributed by atoms with van der Waals surface area (Å²) in [6.45, 7) is 2.11. The maximum absolute atomic E-state index is 13.2. The van der Waals surface area contributed by atoms with Gasteiger partial charge < -0.3 is 5.73 Å². The van der Waals surface area contributed by atoms with Gasteiger partial charge in [0.2, 0.25) is 0 Å². The van der Waals surface area contributed by atoms with E-state index in [1.807, 2.05) is 0 Å². The smallest absolute Gasteiger partial charge is 0.137 e. The van der Waals surface area contributed by atoms with E-state index in [9.17, 15) is 4.39 Å². The van der Waals surface area contributed by atoms with Crippen LogP contribution in [0.25, 0.3) is 0 Å². The summed E-state index contributed by atoms with van der Waals surface area (Å²) in [5.74, 6) is 0.633. The van der Waals surface area contributed by atoms with Gasteiger partial charge >= 0.3 is 0 Å². The van der Waals surface area contributed by atoms with E-state index < -0.39 is 0 Å². The Morgan fingerprint density at radius 2 is 2.29 bits per heavy atom. The van der Waals surface area contributed by atoms with Crippen molar-refractivity contribution in [2.24, 2.45) is 5.73 Å². The van der Waals surface area contributed by atoms with Gasteiger partial charge in [-0.3, -0.25) is 0 Å². The molecule has 76 valence electrons. The standard InChI is InChI=1S/C10H11BrFNS/c1-5-10(13)6-2-3-8(12)9(11)7(6)4-14-5/h2-3,5,10H,4,13H2,1H3. The van der Waals surface area contributed by atoms with Crippen LogP contribution in [0.5, 0.6) is 0 Å². The SMILES string of the molecule is CC1SCc2c(ccc(F)c2Br)C1N. The van der Waals surface area contributed by atoms with Gasteiger partial charge in [0.05, 0.1) is 4.47 Å². The van der Waals surface area contributed by atoms with Crippen LogP contribution in [0.1, 0.15) is 24.1 Å². The zero-order chi connectivity index (χ0) is 10.3. The molecule has 1 heterocycles. The highest BCUT2D eigenvalue weighted by atomic mass is 79.9. The van der Waals surface area contributed by atoms with Crippen LogP contribution in [-0.4, -0.2) is 5.25 Å². The Kier molecular flexibility index (Phi) is 2.86. The minimum atomic E-state index is -0.203. The summed E-state index contributed by atoms with van der Waals surface area (Å²) in [6, 6.07) is 3.29. The van der Waals surface area contributed by atoms with Crippen molar-refractivity contribution in [3.63, 3.8) is 0 Å². The average Bonchev–Trinajstić information content (AvgIpc) is 2.17. The maximum atomic E-state index is 13.2. The lowest BCUT2D eigenvalue weighted by Crippen LogP contribution is -2.26. The van der Waals surface area contributed by atoms with Crippen molar-refractivity contribution in [1.82, 2.24) is 0 Å². The summed E-state index contributed by atoms with van der Waals surface area (Å²) in [6.07, 6.45) is 0. The van der Waals surface area contributed by atoms with Crippen molar-refractivity contribution in [2.75, 3.05) is 0 Å². The second-order valence-electron chi connectivity index (χ2n) is 3.47. The molecule has 0 aromatic heterocycles. The fourth-order valence-corrected chi connectivity index (χ4v) is 3.42. The van der Waals surface area contributed by atoms with Crippen LogP contribution >= 0.6 is 27.7 Å². The molecule has 2 unspecified atom stereocenters. The predicted molar refractivity (Wildman–Crippen MR) is 61.8 cm³/mol. The lowest BCUT2D eigenvalue weighted by Gasteiger charge is -2.28. The van der Waals surface area contributed by atoms with Gasteiger partial charge in [0.15, 0.2) is 0 Å². The van der Waals surface area contributed by atoms with Crippen molar-refractivity contribution < 1.29 is 4.39 Å². The molecule has 2 atom stereocenters. The molecule has 1 nitrogen and oxygen atoms in total. The van der Waals surface area contributed by atoms with E-state index in [1.165, 1.54) is 6.07 Å². The monoisotopic (exact) mass is 275 g/mol. The lowest BCUT2D eigenvalue weighted by molar-refractivity contribution is 0.612. The van der Waals surface area contributed by atoms with Crippen LogP contribution in [0.3, 0.4) is 0 Å². The average molecular weight is 276 g/mol. The Balaban J connectivity index is 2.53. The van der Waals surface area contributed by atoms with Crippen LogP contribution in [0.15, 0.2) is 16.6 Å². The third-order valence-electron chi connectivity index (χ3n) is 2.59. The van der Waals surface area contributed by atoms with Gasteiger partial charge in [0, 0.05) is 17.0 Å². The van der Waals surface area contributed by atoms with Crippen LogP contribution in [-0.2, 0) is 5.75 Å². The van der Waals surface area contributed by atoms with E-state index in [0.29, 0.717) is 9.72 Å². The van der Waals surface area contributed by atoms with Gasteiger partial charge in [-0.2, -0.15) is 11.8 Å². The zero-order valence-corrected chi connectivity index (χ0v) is 10.2. The Morgan fingerprint density at radius 1 is 1.57 bits per heavy atom. The first-order valence-corrected chi connectivity index (χ1v) is 6.29. The number of nitrogens with two attached hydrogens (primary N) is 1. The summed E-state index contributed by atoms with van der Waals surface area (Å²) in [7, 11) is 0. The van der Waals surface area contributed by atoms with Crippen molar-refractivity contribution >= 4 is 27.7 Å². The second kappa shape index (κ2) is 3.83. The summed E-state index contributed by atoms with van der Waals surface area (Å²) in [5.41, 5.74) is 8.13. The van der Waals surface area contributed by atoms with Gasteiger partial charge in [0.25, 0.3) is 0 Å². The van der Waals surface area contributed by atoms with Crippen LogP contribution in [0, 0.1) is 5.82 Å². The molecule has 1 aromatic rings. The molecule has 0 amide bonds. The number of rotatable bonds is 0. The first-order valence-electron chi connectivity index (χ1n) is 4.45. The number of hydrogen-bond acceptors (Lipinski definition) is 2. The molecule has 4 heteroatoms. The summed E-state index contributed by atoms with van der Waals surface area (Å²) < 4.78 is 13.8. The molecular weight excluding hydrogens is 265 g/mol. The van der Waals surface area contributed by atoms with E-state index in [0.717, 1.165) is 16.9 Å². The molecule has 1 aromatic carbocycles. The van der Waals surface area contributed by atoms with Crippen LogP contribution in [0.2, 0.25) is 0 Å². The summed E-state index contributed by atoms with van der Waals surface area (Å²) in [5, 5.41) is 0.403. The molecule has 0 spiro atoms. The Hall–Kier alpha value is -0.0600. The summed E-state index contributed by atoms with van der Waals surface area (Å²) >= 11 is 5.04. The highest BCUT2D eigenvalue weighted by molar-refractivity contribution is 9.10. The molecule has 0 fully saturated rings. The predicted octanol–water partition coefficient (Wildman–Crippen LogP) is 3.22. The lowest BCUT2D eigenvalue weighted by atomic mass is 9.99. The molecule has 1 aliphatic rings. The van der Waals surface area contributed by atoms with Gasteiger partial charge in [-0.25, -0.2) is 4.39 Å². The zero-order valence-electron chi connectivity index (χ0n) is 7.76. The van der Waals surface area contributed by atoms with Gasteiger partial charge in [-0.1, -0.05) is 13.0 Å². The topological polar surface area (TPSA) is 26.0 Å². The first kappa shape index (κ1) is 10.5. The van der Waals surface area contributed by atoms with E-state index in [1.54, 1.807) is 17.8 Å². The molecule has 2 rings (SSSR count). The third-order valence-corrected chi connectivity index (χ3v) is 4.72. The van der Waals surface area contributed by atoms with E-state index >= 15 is 0 Å². The van der Waals surface area contributed by atoms with Crippen molar-refractivity contribution in [3.8, 4) is 0 Å². The number of hydrogen-bond donors (Lipinski definition) is 1. The second-order valence-corrected chi connectivity index (χ2v) is 5.63. The Morgan fingerprint density at radius 3 is 3.00 bits per heavy atom. The molecule has 0 saturated carbocycles. The highest BCUT2D eigenvalue weighted by Gasteiger charge is 2.26. The molecule has 0 aliphatic carbocycles. The molecule has 1 aliphatic heterocycles. The van der Waals surface area contributed by atoms with E-state index in [4.69, 9.17) is 5.73 Å². The first-order chi connectivity index (χ1) is 6.61. The number of benzene rings is 1. The Labute approximate surface area is 95.4 Å². The molecular formula is C10H11BrFNS. The largest absolute Gasteiger partial charge is 0.323 e. The fourth-order valence-electron chi connectivity index (χ4n) is 1.64. The minimum absolute atomic E-state index is 0.0145. The fraction of sp³-hybridized carbons (Fsp3) is 0.400. The van der Waals surface area contributed by atoms with Crippen molar-refractivity contribution in [3.05, 3.63) is 33.5 Å². The highest BCUT2D eigenvalue weighted by Crippen LogP contribution is 2.39.